The molecule has 2 unspecified atom stereocenters. The van der Waals surface area contributed by atoms with Gasteiger partial charge in [0.05, 0.1) is 35.7 Å². The van der Waals surface area contributed by atoms with Crippen molar-refractivity contribution in [2.24, 2.45) is 0 Å². The maximum Gasteiger partial charge on any atom is 0.266 e. The van der Waals surface area contributed by atoms with E-state index in [1.54, 1.807) is 17.7 Å². The van der Waals surface area contributed by atoms with Crippen LogP contribution in [0.3, 0.4) is 0 Å². The lowest BCUT2D eigenvalue weighted by Crippen LogP contribution is -2.42. The van der Waals surface area contributed by atoms with Gasteiger partial charge < -0.3 is 9.64 Å². The summed E-state index contributed by atoms with van der Waals surface area (Å²) in [6.45, 7) is 4.60. The highest BCUT2D eigenvalue weighted by Crippen LogP contribution is 2.31. The van der Waals surface area contributed by atoms with E-state index in [0.29, 0.717) is 54.0 Å². The molecule has 6 heteroatoms. The molecule has 0 spiro atoms. The number of aromatic nitrogens is 2. The predicted molar refractivity (Wildman–Crippen MR) is 168 cm³/mol. The smallest absolute Gasteiger partial charge is 0.266 e. The third-order valence-electron chi connectivity index (χ3n) is 7.87. The number of para-hydroxylation sites is 1. The van der Waals surface area contributed by atoms with Crippen molar-refractivity contribution in [3.05, 3.63) is 136 Å². The average molecular weight is 560 g/mol. The van der Waals surface area contributed by atoms with Gasteiger partial charge in [-0.3, -0.25) is 14.2 Å². The minimum Gasteiger partial charge on any atom is -0.497 e. The Morgan fingerprint density at radius 3 is 2.12 bits per heavy atom. The molecule has 0 fully saturated rings. The number of hydrogen-bond donors (Lipinski definition) is 0. The molecule has 0 aliphatic carbocycles. The lowest BCUT2D eigenvalue weighted by Gasteiger charge is -2.35. The van der Waals surface area contributed by atoms with Gasteiger partial charge in [0.25, 0.3) is 5.56 Å². The summed E-state index contributed by atoms with van der Waals surface area (Å²) in [5.74, 6) is 0.978. The van der Waals surface area contributed by atoms with Crippen LogP contribution < -0.4 is 10.3 Å². The fourth-order valence-electron chi connectivity index (χ4n) is 5.65. The van der Waals surface area contributed by atoms with Crippen LogP contribution in [0.1, 0.15) is 55.6 Å². The van der Waals surface area contributed by atoms with E-state index in [1.165, 1.54) is 0 Å². The van der Waals surface area contributed by atoms with E-state index in [-0.39, 0.29) is 17.4 Å². The summed E-state index contributed by atoms with van der Waals surface area (Å²) >= 11 is 0. The zero-order valence-electron chi connectivity index (χ0n) is 24.4. The summed E-state index contributed by atoms with van der Waals surface area (Å²) in [5.41, 5.74) is 3.27. The number of methoxy groups -OCH3 is 1. The number of rotatable bonds is 11. The highest BCUT2D eigenvalue weighted by Gasteiger charge is 2.33. The number of carbonyl (C=O) groups excluding carboxylic acids is 1. The molecule has 0 bridgehead atoms. The second-order valence-corrected chi connectivity index (χ2v) is 10.4. The Kier molecular flexibility index (Phi) is 9.12. The highest BCUT2D eigenvalue weighted by atomic mass is 16.5. The Morgan fingerprint density at radius 1 is 0.833 bits per heavy atom. The average Bonchev–Trinajstić information content (AvgIpc) is 3.04. The number of amides is 1. The van der Waals surface area contributed by atoms with E-state index >= 15 is 0 Å². The molecule has 0 saturated heterocycles. The summed E-state index contributed by atoms with van der Waals surface area (Å²) in [4.78, 5) is 35.7. The van der Waals surface area contributed by atoms with Crippen LogP contribution in [0.25, 0.3) is 16.6 Å². The van der Waals surface area contributed by atoms with Crippen LogP contribution in [0, 0.1) is 0 Å². The van der Waals surface area contributed by atoms with E-state index in [4.69, 9.17) is 9.72 Å². The van der Waals surface area contributed by atoms with Crippen molar-refractivity contribution >= 4 is 16.8 Å². The molecule has 0 aliphatic heterocycles. The van der Waals surface area contributed by atoms with E-state index in [9.17, 15) is 9.59 Å². The fraction of sp³-hybridized carbons (Fsp3) is 0.250. The lowest BCUT2D eigenvalue weighted by atomic mass is 9.93. The summed E-state index contributed by atoms with van der Waals surface area (Å²) < 4.78 is 7.04. The van der Waals surface area contributed by atoms with E-state index in [2.05, 4.69) is 19.1 Å². The first kappa shape index (κ1) is 28.8. The zero-order chi connectivity index (χ0) is 29.5. The molecule has 214 valence electrons. The monoisotopic (exact) mass is 559 g/mol. The van der Waals surface area contributed by atoms with Gasteiger partial charge in [-0.05, 0) is 66.8 Å². The zero-order valence-corrected chi connectivity index (χ0v) is 24.4. The van der Waals surface area contributed by atoms with Gasteiger partial charge in [0, 0.05) is 6.54 Å². The molecule has 0 saturated carbocycles. The summed E-state index contributed by atoms with van der Waals surface area (Å²) in [7, 11) is 1.62. The molecule has 0 radical (unpaired) electrons. The van der Waals surface area contributed by atoms with Crippen LogP contribution in [-0.2, 0) is 11.2 Å². The molecular formula is C36H37N3O3. The molecule has 1 aromatic heterocycles. The number of benzene rings is 4. The minimum absolute atomic E-state index is 0.0372. The number of fused-ring (bicyclic) bond motifs is 1. The van der Waals surface area contributed by atoms with Crippen molar-refractivity contribution < 1.29 is 9.53 Å². The van der Waals surface area contributed by atoms with Crippen molar-refractivity contribution in [1.82, 2.24) is 14.5 Å². The van der Waals surface area contributed by atoms with Crippen molar-refractivity contribution in [2.75, 3.05) is 13.7 Å². The molecule has 6 nitrogen and oxygen atoms in total. The summed E-state index contributed by atoms with van der Waals surface area (Å²) in [6, 6.07) is 34.5. The Morgan fingerprint density at radius 2 is 1.48 bits per heavy atom. The molecule has 2 atom stereocenters. The maximum atomic E-state index is 14.5. The third kappa shape index (κ3) is 5.98. The number of carbonyl (C=O) groups is 1. The third-order valence-corrected chi connectivity index (χ3v) is 7.87. The van der Waals surface area contributed by atoms with Crippen molar-refractivity contribution in [2.45, 2.75) is 45.1 Å². The topological polar surface area (TPSA) is 64.4 Å². The summed E-state index contributed by atoms with van der Waals surface area (Å²) in [5, 5.41) is 0.532. The van der Waals surface area contributed by atoms with Gasteiger partial charge in [-0.25, -0.2) is 4.98 Å². The largest absolute Gasteiger partial charge is 0.497 e. The quantitative estimate of drug-likeness (QED) is 0.173. The van der Waals surface area contributed by atoms with Crippen molar-refractivity contribution in [3.8, 4) is 11.4 Å². The first-order valence-corrected chi connectivity index (χ1v) is 14.6. The highest BCUT2D eigenvalue weighted by molar-refractivity contribution is 5.84. The van der Waals surface area contributed by atoms with Crippen molar-refractivity contribution in [1.29, 1.82) is 0 Å². The number of nitrogens with zero attached hydrogens (tertiary/aromatic N) is 3. The van der Waals surface area contributed by atoms with Gasteiger partial charge in [0.2, 0.25) is 5.91 Å². The molecule has 42 heavy (non-hydrogen) atoms. The molecule has 0 N–H and O–H groups in total. The summed E-state index contributed by atoms with van der Waals surface area (Å²) in [6.07, 6.45) is 1.94. The van der Waals surface area contributed by atoms with Gasteiger partial charge in [-0.2, -0.15) is 0 Å². The standard InChI is InChI=1S/C36H37N3O3/c1-4-30(27-16-10-7-11-17-27)35(40)38(25-24-26-14-8-6-9-15-26)33(5-2)34-37-32-19-13-12-18-31(32)36(41)39(34)28-20-22-29(42-3)23-21-28/h6-23,30,33H,4-5,24-25H2,1-3H3. The fourth-order valence-corrected chi connectivity index (χ4v) is 5.65. The maximum absolute atomic E-state index is 14.5. The van der Waals surface area contributed by atoms with Crippen LogP contribution in [0.2, 0.25) is 0 Å². The molecule has 4 aromatic carbocycles. The van der Waals surface area contributed by atoms with E-state index in [0.717, 1.165) is 11.1 Å². The van der Waals surface area contributed by atoms with Crippen LogP contribution in [0.4, 0.5) is 0 Å². The van der Waals surface area contributed by atoms with Gasteiger partial charge in [-0.1, -0.05) is 86.6 Å². The van der Waals surface area contributed by atoms with E-state index in [1.807, 2.05) is 103 Å². The number of hydrogen-bond acceptors (Lipinski definition) is 4. The molecular weight excluding hydrogens is 522 g/mol. The Bertz CT molecular complexity index is 1680. The van der Waals surface area contributed by atoms with Crippen LogP contribution >= 0.6 is 0 Å². The van der Waals surface area contributed by atoms with Gasteiger partial charge >= 0.3 is 0 Å². The van der Waals surface area contributed by atoms with Gasteiger partial charge in [-0.15, -0.1) is 0 Å². The Hall–Kier alpha value is -4.71. The molecule has 5 rings (SSSR count). The second kappa shape index (κ2) is 13.3. The predicted octanol–water partition coefficient (Wildman–Crippen LogP) is 7.11. The molecule has 5 aromatic rings. The first-order chi connectivity index (χ1) is 20.5. The van der Waals surface area contributed by atoms with Gasteiger partial charge in [0.1, 0.15) is 11.6 Å². The first-order valence-electron chi connectivity index (χ1n) is 14.6. The van der Waals surface area contributed by atoms with Crippen LogP contribution in [0.15, 0.2) is 114 Å². The lowest BCUT2D eigenvalue weighted by molar-refractivity contribution is -0.135. The van der Waals surface area contributed by atoms with Crippen LogP contribution in [-0.4, -0.2) is 34.0 Å². The minimum atomic E-state index is -0.432. The van der Waals surface area contributed by atoms with Crippen molar-refractivity contribution in [3.63, 3.8) is 0 Å². The van der Waals surface area contributed by atoms with E-state index < -0.39 is 6.04 Å². The Labute approximate surface area is 247 Å². The second-order valence-electron chi connectivity index (χ2n) is 10.4. The molecule has 0 aliphatic rings. The number of ether oxygens (including phenoxy) is 1. The Balaban J connectivity index is 1.67. The van der Waals surface area contributed by atoms with Crippen LogP contribution in [0.5, 0.6) is 5.75 Å². The normalized spacial score (nSPS) is 12.5. The molecule has 1 amide bonds. The van der Waals surface area contributed by atoms with Gasteiger partial charge in [0.15, 0.2) is 0 Å². The molecule has 1 heterocycles. The SMILES string of the molecule is CCC(C(=O)N(CCc1ccccc1)C(CC)c1nc2ccccc2c(=O)n1-c1ccc(OC)cc1)c1ccccc1.